The first kappa shape index (κ1) is 18.2. The molecule has 19 heavy (non-hydrogen) atoms. The Morgan fingerprint density at radius 3 is 2.11 bits per heavy atom. The van der Waals surface area contributed by atoms with Crippen LogP contribution in [0.15, 0.2) is 0 Å². The van der Waals surface area contributed by atoms with Crippen molar-refractivity contribution >= 4 is 6.16 Å². The van der Waals surface area contributed by atoms with Gasteiger partial charge < -0.3 is 18.9 Å². The van der Waals surface area contributed by atoms with Crippen molar-refractivity contribution in [2.45, 2.75) is 46.0 Å². The monoisotopic (exact) mass is 276 g/mol. The van der Waals surface area contributed by atoms with Gasteiger partial charge in [-0.25, -0.2) is 4.79 Å². The van der Waals surface area contributed by atoms with E-state index in [2.05, 4.69) is 6.92 Å². The highest BCUT2D eigenvalue weighted by Crippen LogP contribution is 1.99. The van der Waals surface area contributed by atoms with Gasteiger partial charge in [0.05, 0.1) is 26.4 Å². The Morgan fingerprint density at radius 1 is 0.737 bits per heavy atom. The molecule has 0 aliphatic heterocycles. The average molecular weight is 276 g/mol. The second kappa shape index (κ2) is 15.2. The lowest BCUT2D eigenvalue weighted by molar-refractivity contribution is 0.0306. The number of hydrogen-bond acceptors (Lipinski definition) is 5. The van der Waals surface area contributed by atoms with E-state index in [1.54, 1.807) is 0 Å². The molecule has 0 saturated heterocycles. The molecule has 0 aromatic heterocycles. The summed E-state index contributed by atoms with van der Waals surface area (Å²) >= 11 is 0. The lowest BCUT2D eigenvalue weighted by Gasteiger charge is -2.07. The Hall–Kier alpha value is -0.810. The van der Waals surface area contributed by atoms with E-state index < -0.39 is 6.16 Å². The molecule has 0 aliphatic rings. The van der Waals surface area contributed by atoms with Crippen molar-refractivity contribution < 1.29 is 23.7 Å². The fourth-order valence-corrected chi connectivity index (χ4v) is 1.41. The Balaban J connectivity index is 3.12. The maximum absolute atomic E-state index is 11.1. The van der Waals surface area contributed by atoms with E-state index >= 15 is 0 Å². The summed E-state index contributed by atoms with van der Waals surface area (Å²) in [5.41, 5.74) is 0. The highest BCUT2D eigenvalue weighted by atomic mass is 16.7. The number of carbonyl (C=O) groups excluding carboxylic acids is 1. The van der Waals surface area contributed by atoms with Gasteiger partial charge in [0.15, 0.2) is 0 Å². The highest BCUT2D eigenvalue weighted by Gasteiger charge is 2.02. The summed E-state index contributed by atoms with van der Waals surface area (Å²) in [6.07, 6.45) is 4.45. The topological polar surface area (TPSA) is 54.0 Å². The number of rotatable bonds is 13. The van der Waals surface area contributed by atoms with Crippen molar-refractivity contribution in [2.75, 3.05) is 39.6 Å². The Kier molecular flexibility index (Phi) is 14.6. The van der Waals surface area contributed by atoms with Crippen LogP contribution in [-0.2, 0) is 18.9 Å². The molecule has 0 aliphatic carbocycles. The number of carbonyl (C=O) groups is 1. The summed E-state index contributed by atoms with van der Waals surface area (Å²) in [5.74, 6) is 0. The van der Waals surface area contributed by atoms with Gasteiger partial charge in [0.25, 0.3) is 0 Å². The van der Waals surface area contributed by atoms with Gasteiger partial charge in [-0.1, -0.05) is 26.2 Å². The van der Waals surface area contributed by atoms with Crippen LogP contribution in [0, 0.1) is 0 Å². The lowest BCUT2D eigenvalue weighted by atomic mass is 10.2. The molecule has 0 rings (SSSR count). The summed E-state index contributed by atoms with van der Waals surface area (Å²) in [4.78, 5) is 11.1. The summed E-state index contributed by atoms with van der Waals surface area (Å²) in [6, 6.07) is 0. The number of unbranched alkanes of at least 4 members (excludes halogenated alkanes) is 3. The van der Waals surface area contributed by atoms with Gasteiger partial charge in [-0.15, -0.1) is 0 Å². The highest BCUT2D eigenvalue weighted by molar-refractivity contribution is 5.59. The molecule has 0 radical (unpaired) electrons. The summed E-state index contributed by atoms with van der Waals surface area (Å²) in [5, 5.41) is 0. The second-order valence-electron chi connectivity index (χ2n) is 4.17. The van der Waals surface area contributed by atoms with Crippen molar-refractivity contribution in [3.8, 4) is 0 Å². The Bertz CT molecular complexity index is 196. The molecular formula is C14H28O5. The molecule has 0 aromatic carbocycles. The first-order chi connectivity index (χ1) is 9.31. The van der Waals surface area contributed by atoms with Crippen molar-refractivity contribution in [1.82, 2.24) is 0 Å². The number of hydrogen-bond donors (Lipinski definition) is 0. The Morgan fingerprint density at radius 2 is 1.42 bits per heavy atom. The maximum Gasteiger partial charge on any atom is 0.508 e. The predicted molar refractivity (Wildman–Crippen MR) is 73.4 cm³/mol. The largest absolute Gasteiger partial charge is 0.508 e. The SMILES string of the molecule is CCCCCCOC(=O)OCCCOCCOCC. The molecule has 0 atom stereocenters. The molecule has 0 amide bonds. The molecule has 0 unspecified atom stereocenters. The Labute approximate surface area is 116 Å². The van der Waals surface area contributed by atoms with Gasteiger partial charge >= 0.3 is 6.16 Å². The van der Waals surface area contributed by atoms with Gasteiger partial charge in [-0.3, -0.25) is 0 Å². The van der Waals surface area contributed by atoms with E-state index in [-0.39, 0.29) is 0 Å². The van der Waals surface area contributed by atoms with Crippen molar-refractivity contribution in [3.05, 3.63) is 0 Å². The van der Waals surface area contributed by atoms with Gasteiger partial charge in [0.1, 0.15) is 0 Å². The normalized spacial score (nSPS) is 10.4. The minimum Gasteiger partial charge on any atom is -0.434 e. The van der Waals surface area contributed by atoms with Crippen LogP contribution in [0.3, 0.4) is 0 Å². The van der Waals surface area contributed by atoms with E-state index in [1.165, 1.54) is 12.8 Å². The minimum atomic E-state index is -0.578. The maximum atomic E-state index is 11.1. The fraction of sp³-hybridized carbons (Fsp3) is 0.929. The zero-order valence-corrected chi connectivity index (χ0v) is 12.3. The van der Waals surface area contributed by atoms with Crippen molar-refractivity contribution in [2.24, 2.45) is 0 Å². The van der Waals surface area contributed by atoms with Crippen LogP contribution < -0.4 is 0 Å². The summed E-state index contributed by atoms with van der Waals surface area (Å²) in [6.45, 7) is 7.33. The molecule has 0 heterocycles. The molecule has 114 valence electrons. The summed E-state index contributed by atoms with van der Waals surface area (Å²) in [7, 11) is 0. The van der Waals surface area contributed by atoms with Crippen LogP contribution in [0.4, 0.5) is 4.79 Å². The van der Waals surface area contributed by atoms with Crippen LogP contribution >= 0.6 is 0 Å². The molecule has 0 aromatic rings. The van der Waals surface area contributed by atoms with Crippen LogP contribution in [0.5, 0.6) is 0 Å². The molecule has 0 N–H and O–H groups in total. The molecular weight excluding hydrogens is 248 g/mol. The van der Waals surface area contributed by atoms with E-state index in [1.807, 2.05) is 6.92 Å². The van der Waals surface area contributed by atoms with Crippen LogP contribution in [0.25, 0.3) is 0 Å². The van der Waals surface area contributed by atoms with E-state index in [9.17, 15) is 4.79 Å². The first-order valence-corrected chi connectivity index (χ1v) is 7.26. The smallest absolute Gasteiger partial charge is 0.434 e. The molecule has 0 saturated carbocycles. The molecule has 0 fully saturated rings. The zero-order valence-electron chi connectivity index (χ0n) is 12.3. The third-order valence-electron chi connectivity index (χ3n) is 2.45. The molecule has 0 spiro atoms. The van der Waals surface area contributed by atoms with Crippen molar-refractivity contribution in [1.29, 1.82) is 0 Å². The number of ether oxygens (including phenoxy) is 4. The quantitative estimate of drug-likeness (QED) is 0.382. The minimum absolute atomic E-state index is 0.336. The summed E-state index contributed by atoms with van der Waals surface area (Å²) < 4.78 is 20.2. The molecule has 0 bridgehead atoms. The van der Waals surface area contributed by atoms with Crippen LogP contribution in [0.1, 0.15) is 46.0 Å². The third kappa shape index (κ3) is 15.1. The lowest BCUT2D eigenvalue weighted by Crippen LogP contribution is -2.11. The zero-order chi connectivity index (χ0) is 14.2. The van der Waals surface area contributed by atoms with E-state index in [4.69, 9.17) is 18.9 Å². The van der Waals surface area contributed by atoms with Gasteiger partial charge in [0.2, 0.25) is 0 Å². The fourth-order valence-electron chi connectivity index (χ4n) is 1.41. The van der Waals surface area contributed by atoms with Gasteiger partial charge in [-0.2, -0.15) is 0 Å². The predicted octanol–water partition coefficient (Wildman–Crippen LogP) is 3.16. The second-order valence-corrected chi connectivity index (χ2v) is 4.17. The average Bonchev–Trinajstić information content (AvgIpc) is 2.41. The first-order valence-electron chi connectivity index (χ1n) is 7.26. The van der Waals surface area contributed by atoms with Crippen LogP contribution in [-0.4, -0.2) is 45.8 Å². The standard InChI is InChI=1S/C14H28O5/c1-3-5-6-7-10-18-14(15)19-11-8-9-17-13-12-16-4-2/h3-13H2,1-2H3. The van der Waals surface area contributed by atoms with E-state index in [0.29, 0.717) is 46.1 Å². The van der Waals surface area contributed by atoms with Gasteiger partial charge in [0, 0.05) is 19.6 Å². The van der Waals surface area contributed by atoms with Gasteiger partial charge in [-0.05, 0) is 13.3 Å². The third-order valence-corrected chi connectivity index (χ3v) is 2.45. The van der Waals surface area contributed by atoms with Crippen molar-refractivity contribution in [3.63, 3.8) is 0 Å². The van der Waals surface area contributed by atoms with Crippen LogP contribution in [0.2, 0.25) is 0 Å². The molecule has 5 nitrogen and oxygen atoms in total. The van der Waals surface area contributed by atoms with E-state index in [0.717, 1.165) is 12.8 Å². The molecule has 5 heteroatoms.